The van der Waals surface area contributed by atoms with Gasteiger partial charge in [-0.3, -0.25) is 14.4 Å². The highest BCUT2D eigenvalue weighted by molar-refractivity contribution is 5.71. The maximum atomic E-state index is 12.8. The minimum atomic E-state index is -0.762. The second-order valence-corrected chi connectivity index (χ2v) is 20.2. The molecule has 368 valence electrons. The SMILES string of the molecule is CCCCCCCCCCCCCCCCCCC(=O)OC[C@@H](COC(=O)CCCCCCCCCCCCCC(C)C)OC(=O)CCCCCCCCCCCCCC(C)C. The number of unbranched alkanes of at least 4 members (excludes halogenated alkanes) is 35. The van der Waals surface area contributed by atoms with Gasteiger partial charge in [0.25, 0.3) is 0 Å². The van der Waals surface area contributed by atoms with Crippen molar-refractivity contribution in [3.05, 3.63) is 0 Å². The molecule has 0 spiro atoms. The van der Waals surface area contributed by atoms with Gasteiger partial charge in [0.1, 0.15) is 13.2 Å². The summed E-state index contributed by atoms with van der Waals surface area (Å²) in [7, 11) is 0. The fourth-order valence-electron chi connectivity index (χ4n) is 8.52. The average Bonchev–Trinajstić information content (AvgIpc) is 3.24. The molecule has 0 unspecified atom stereocenters. The van der Waals surface area contributed by atoms with Crippen LogP contribution in [0.3, 0.4) is 0 Å². The van der Waals surface area contributed by atoms with E-state index in [1.54, 1.807) is 0 Å². The van der Waals surface area contributed by atoms with Gasteiger partial charge < -0.3 is 14.2 Å². The summed E-state index contributed by atoms with van der Waals surface area (Å²) in [6.07, 6.45) is 50.9. The number of esters is 3. The van der Waals surface area contributed by atoms with Crippen LogP contribution in [0.2, 0.25) is 0 Å². The van der Waals surface area contributed by atoms with Gasteiger partial charge in [0.2, 0.25) is 0 Å². The molecule has 0 amide bonds. The van der Waals surface area contributed by atoms with E-state index in [2.05, 4.69) is 34.6 Å². The third-order valence-corrected chi connectivity index (χ3v) is 12.7. The molecule has 0 aliphatic carbocycles. The molecule has 0 aliphatic heterocycles. The van der Waals surface area contributed by atoms with Crippen LogP contribution in [-0.2, 0) is 28.6 Å². The molecule has 0 aromatic rings. The molecule has 0 saturated heterocycles. The Morgan fingerprint density at radius 1 is 0.306 bits per heavy atom. The Labute approximate surface area is 387 Å². The van der Waals surface area contributed by atoms with Gasteiger partial charge >= 0.3 is 17.9 Å². The predicted molar refractivity (Wildman–Crippen MR) is 266 cm³/mol. The standard InChI is InChI=1S/C56H108O6/c1-6-7-8-9-10-11-12-13-14-15-16-21-26-31-36-41-46-54(57)60-49-53(62-56(59)48-43-38-33-28-23-18-20-25-30-35-40-45-52(4)5)50-61-55(58)47-42-37-32-27-22-17-19-24-29-34-39-44-51(2)3/h51-53H,6-50H2,1-5H3/t53-/m0/s1. The molecule has 6 nitrogen and oxygen atoms in total. The summed E-state index contributed by atoms with van der Waals surface area (Å²) in [5, 5.41) is 0. The summed E-state index contributed by atoms with van der Waals surface area (Å²) in [4.78, 5) is 38.1. The first-order valence-corrected chi connectivity index (χ1v) is 27.7. The van der Waals surface area contributed by atoms with Crippen molar-refractivity contribution in [2.75, 3.05) is 13.2 Å². The third kappa shape index (κ3) is 49.4. The van der Waals surface area contributed by atoms with Gasteiger partial charge in [-0.1, -0.05) is 272 Å². The molecule has 0 bridgehead atoms. The zero-order chi connectivity index (χ0) is 45.4. The van der Waals surface area contributed by atoms with Gasteiger partial charge in [-0.25, -0.2) is 0 Å². The summed E-state index contributed by atoms with van der Waals surface area (Å²) in [5.74, 6) is 0.809. The summed E-state index contributed by atoms with van der Waals surface area (Å²) in [6.45, 7) is 11.4. The van der Waals surface area contributed by atoms with Gasteiger partial charge in [0.05, 0.1) is 0 Å². The minimum absolute atomic E-state index is 0.0631. The van der Waals surface area contributed by atoms with Crippen LogP contribution >= 0.6 is 0 Å². The van der Waals surface area contributed by atoms with Crippen molar-refractivity contribution in [1.29, 1.82) is 0 Å². The maximum absolute atomic E-state index is 12.8. The Morgan fingerprint density at radius 3 is 0.790 bits per heavy atom. The summed E-state index contributed by atoms with van der Waals surface area (Å²) < 4.78 is 16.9. The molecule has 0 heterocycles. The van der Waals surface area contributed by atoms with Crippen molar-refractivity contribution < 1.29 is 28.6 Å². The van der Waals surface area contributed by atoms with Crippen LogP contribution in [0.1, 0.15) is 311 Å². The number of hydrogen-bond acceptors (Lipinski definition) is 6. The van der Waals surface area contributed by atoms with Crippen LogP contribution in [0, 0.1) is 11.8 Å². The van der Waals surface area contributed by atoms with E-state index in [0.29, 0.717) is 19.3 Å². The number of ether oxygens (including phenoxy) is 3. The first kappa shape index (κ1) is 60.4. The third-order valence-electron chi connectivity index (χ3n) is 12.7. The van der Waals surface area contributed by atoms with E-state index in [9.17, 15) is 14.4 Å². The zero-order valence-electron chi connectivity index (χ0n) is 42.5. The van der Waals surface area contributed by atoms with E-state index in [1.807, 2.05) is 0 Å². The lowest BCUT2D eigenvalue weighted by Gasteiger charge is -2.18. The molecule has 0 aromatic carbocycles. The van der Waals surface area contributed by atoms with E-state index >= 15 is 0 Å². The van der Waals surface area contributed by atoms with Crippen LogP contribution in [0.5, 0.6) is 0 Å². The van der Waals surface area contributed by atoms with Gasteiger partial charge in [0, 0.05) is 19.3 Å². The van der Waals surface area contributed by atoms with E-state index < -0.39 is 6.10 Å². The van der Waals surface area contributed by atoms with Crippen LogP contribution in [0.4, 0.5) is 0 Å². The number of rotatable bonds is 50. The molecular formula is C56H108O6. The molecule has 0 N–H and O–H groups in total. The highest BCUT2D eigenvalue weighted by Crippen LogP contribution is 2.18. The minimum Gasteiger partial charge on any atom is -0.462 e. The van der Waals surface area contributed by atoms with Crippen LogP contribution in [0.25, 0.3) is 0 Å². The molecule has 1 atom stereocenters. The second-order valence-electron chi connectivity index (χ2n) is 20.2. The van der Waals surface area contributed by atoms with E-state index in [0.717, 1.165) is 69.6 Å². The summed E-state index contributed by atoms with van der Waals surface area (Å²) in [5.41, 5.74) is 0. The van der Waals surface area contributed by atoms with Crippen LogP contribution < -0.4 is 0 Å². The molecule has 0 rings (SSSR count). The normalized spacial score (nSPS) is 12.0. The number of carbonyl (C=O) groups is 3. The van der Waals surface area contributed by atoms with Crippen molar-refractivity contribution in [3.63, 3.8) is 0 Å². The lowest BCUT2D eigenvalue weighted by atomic mass is 10.0. The Kier molecular flexibility index (Phi) is 47.6. The molecule has 0 saturated carbocycles. The smallest absolute Gasteiger partial charge is 0.306 e. The maximum Gasteiger partial charge on any atom is 0.306 e. The molecule has 0 radical (unpaired) electrons. The second kappa shape index (κ2) is 48.9. The van der Waals surface area contributed by atoms with Crippen molar-refractivity contribution >= 4 is 17.9 Å². The fourth-order valence-corrected chi connectivity index (χ4v) is 8.52. The molecule has 0 aromatic heterocycles. The van der Waals surface area contributed by atoms with E-state index in [-0.39, 0.29) is 31.1 Å². The van der Waals surface area contributed by atoms with Crippen LogP contribution in [-0.4, -0.2) is 37.2 Å². The molecule has 62 heavy (non-hydrogen) atoms. The monoisotopic (exact) mass is 877 g/mol. The Bertz CT molecular complexity index is 947. The van der Waals surface area contributed by atoms with E-state index in [1.165, 1.54) is 199 Å². The molecule has 0 aliphatic rings. The quantitative estimate of drug-likeness (QED) is 0.0344. The lowest BCUT2D eigenvalue weighted by molar-refractivity contribution is -0.167. The lowest BCUT2D eigenvalue weighted by Crippen LogP contribution is -2.30. The largest absolute Gasteiger partial charge is 0.462 e. The van der Waals surface area contributed by atoms with Gasteiger partial charge in [-0.15, -0.1) is 0 Å². The van der Waals surface area contributed by atoms with Crippen molar-refractivity contribution in [2.45, 2.75) is 317 Å². The van der Waals surface area contributed by atoms with Gasteiger partial charge in [0.15, 0.2) is 6.10 Å². The van der Waals surface area contributed by atoms with Crippen molar-refractivity contribution in [2.24, 2.45) is 11.8 Å². The number of carbonyl (C=O) groups excluding carboxylic acids is 3. The molecule has 0 fully saturated rings. The van der Waals surface area contributed by atoms with Crippen LogP contribution in [0.15, 0.2) is 0 Å². The topological polar surface area (TPSA) is 78.9 Å². The van der Waals surface area contributed by atoms with Gasteiger partial charge in [-0.05, 0) is 31.1 Å². The Morgan fingerprint density at radius 2 is 0.532 bits per heavy atom. The first-order chi connectivity index (χ1) is 30.2. The van der Waals surface area contributed by atoms with Crippen molar-refractivity contribution in [3.8, 4) is 0 Å². The fraction of sp³-hybridized carbons (Fsp3) is 0.946. The number of hydrogen-bond donors (Lipinski definition) is 0. The van der Waals surface area contributed by atoms with Crippen molar-refractivity contribution in [1.82, 2.24) is 0 Å². The highest BCUT2D eigenvalue weighted by atomic mass is 16.6. The predicted octanol–water partition coefficient (Wildman–Crippen LogP) is 18.1. The zero-order valence-corrected chi connectivity index (χ0v) is 42.5. The molecular weight excluding hydrogens is 769 g/mol. The highest BCUT2D eigenvalue weighted by Gasteiger charge is 2.19. The Balaban J connectivity index is 4.31. The van der Waals surface area contributed by atoms with Gasteiger partial charge in [-0.2, -0.15) is 0 Å². The first-order valence-electron chi connectivity index (χ1n) is 27.7. The summed E-state index contributed by atoms with van der Waals surface area (Å²) in [6, 6.07) is 0. The molecule has 6 heteroatoms. The van der Waals surface area contributed by atoms with E-state index in [4.69, 9.17) is 14.2 Å². The average molecular weight is 877 g/mol. The summed E-state index contributed by atoms with van der Waals surface area (Å²) >= 11 is 0. The Hall–Kier alpha value is -1.59.